The van der Waals surface area contributed by atoms with E-state index in [0.717, 1.165) is 24.2 Å². The van der Waals surface area contributed by atoms with Gasteiger partial charge in [0.05, 0.1) is 5.69 Å². The molecule has 0 spiro atoms. The topological polar surface area (TPSA) is 60.7 Å². The van der Waals surface area contributed by atoms with Gasteiger partial charge in [0.15, 0.2) is 0 Å². The summed E-state index contributed by atoms with van der Waals surface area (Å²) in [5.41, 5.74) is 3.11. The normalized spacial score (nSPS) is 19.2. The van der Waals surface area contributed by atoms with Gasteiger partial charge in [0.1, 0.15) is 0 Å². The monoisotopic (exact) mass is 243 g/mol. The number of benzene rings is 1. The van der Waals surface area contributed by atoms with Crippen molar-refractivity contribution in [2.75, 3.05) is 6.54 Å². The van der Waals surface area contributed by atoms with Gasteiger partial charge in [0.25, 0.3) is 0 Å². The van der Waals surface area contributed by atoms with Crippen molar-refractivity contribution in [2.24, 2.45) is 0 Å². The maximum atomic E-state index is 11.2. The Balaban J connectivity index is 1.91. The minimum atomic E-state index is -0.154. The van der Waals surface area contributed by atoms with Crippen LogP contribution in [0.3, 0.4) is 0 Å². The molecule has 0 amide bonds. The summed E-state index contributed by atoms with van der Waals surface area (Å²) in [5, 5.41) is 3.51. The fraction of sp³-hybridized carbons (Fsp3) is 0.357. The second-order valence-electron chi connectivity index (χ2n) is 4.81. The van der Waals surface area contributed by atoms with Crippen molar-refractivity contribution in [1.29, 1.82) is 0 Å². The Bertz CT molecular complexity index is 578. The Morgan fingerprint density at radius 3 is 2.89 bits per heavy atom. The lowest BCUT2D eigenvalue weighted by molar-refractivity contribution is 0.603. The summed E-state index contributed by atoms with van der Waals surface area (Å²) in [6.45, 7) is 1.12. The predicted molar refractivity (Wildman–Crippen MR) is 71.6 cm³/mol. The first kappa shape index (κ1) is 11.3. The van der Waals surface area contributed by atoms with Gasteiger partial charge in [-0.2, -0.15) is 0 Å². The summed E-state index contributed by atoms with van der Waals surface area (Å²) >= 11 is 0. The molecular weight excluding hydrogens is 226 g/mol. The Morgan fingerprint density at radius 1 is 1.28 bits per heavy atom. The lowest BCUT2D eigenvalue weighted by atomic mass is 9.98. The standard InChI is InChI=1S/C14H17N3O/c18-14-16-9-13(17-14)12-6-2-1-4-10(12)8-11-5-3-7-15-11/h1-2,4,6,9,11,15H,3,5,7-8H2,(H2,16,17,18). The Labute approximate surface area is 105 Å². The van der Waals surface area contributed by atoms with Gasteiger partial charge in [-0.1, -0.05) is 24.3 Å². The first-order valence-corrected chi connectivity index (χ1v) is 6.42. The van der Waals surface area contributed by atoms with Crippen LogP contribution in [0.15, 0.2) is 35.3 Å². The molecule has 4 nitrogen and oxygen atoms in total. The van der Waals surface area contributed by atoms with Crippen LogP contribution in [0, 0.1) is 0 Å². The van der Waals surface area contributed by atoms with Gasteiger partial charge in [0.2, 0.25) is 0 Å². The van der Waals surface area contributed by atoms with Gasteiger partial charge in [-0.3, -0.25) is 0 Å². The summed E-state index contributed by atoms with van der Waals surface area (Å²) < 4.78 is 0. The van der Waals surface area contributed by atoms with Gasteiger partial charge in [-0.25, -0.2) is 4.79 Å². The molecule has 1 atom stereocenters. The van der Waals surface area contributed by atoms with Crippen molar-refractivity contribution in [3.8, 4) is 11.3 Å². The van der Waals surface area contributed by atoms with Crippen LogP contribution in [0.2, 0.25) is 0 Å². The third-order valence-electron chi connectivity index (χ3n) is 3.53. The van der Waals surface area contributed by atoms with Crippen LogP contribution in [0.4, 0.5) is 0 Å². The number of rotatable bonds is 3. The summed E-state index contributed by atoms with van der Waals surface area (Å²) in [4.78, 5) is 16.7. The zero-order valence-corrected chi connectivity index (χ0v) is 10.2. The van der Waals surface area contributed by atoms with Gasteiger partial charge in [-0.05, 0) is 31.4 Å². The largest absolute Gasteiger partial charge is 0.323 e. The molecule has 4 heteroatoms. The summed E-state index contributed by atoms with van der Waals surface area (Å²) in [5.74, 6) is 0. The molecule has 1 aromatic heterocycles. The average Bonchev–Trinajstić information content (AvgIpc) is 3.02. The van der Waals surface area contributed by atoms with E-state index in [9.17, 15) is 4.79 Å². The van der Waals surface area contributed by atoms with Crippen molar-refractivity contribution < 1.29 is 0 Å². The van der Waals surface area contributed by atoms with Crippen molar-refractivity contribution >= 4 is 0 Å². The predicted octanol–water partition coefficient (Wildman–Crippen LogP) is 1.66. The molecule has 2 heterocycles. The summed E-state index contributed by atoms with van der Waals surface area (Å²) in [7, 11) is 0. The average molecular weight is 243 g/mol. The van der Waals surface area contributed by atoms with Crippen LogP contribution >= 0.6 is 0 Å². The van der Waals surface area contributed by atoms with Gasteiger partial charge in [0, 0.05) is 17.8 Å². The van der Waals surface area contributed by atoms with Crippen LogP contribution in [-0.2, 0) is 6.42 Å². The lowest BCUT2D eigenvalue weighted by Crippen LogP contribution is -2.23. The van der Waals surface area contributed by atoms with E-state index < -0.39 is 0 Å². The van der Waals surface area contributed by atoms with E-state index in [2.05, 4.69) is 33.5 Å². The highest BCUT2D eigenvalue weighted by Crippen LogP contribution is 2.23. The number of aromatic nitrogens is 2. The molecule has 18 heavy (non-hydrogen) atoms. The maximum absolute atomic E-state index is 11.2. The van der Waals surface area contributed by atoms with E-state index in [-0.39, 0.29) is 5.69 Å². The number of imidazole rings is 1. The molecule has 1 aliphatic rings. The molecule has 0 aliphatic carbocycles. The lowest BCUT2D eigenvalue weighted by Gasteiger charge is -2.13. The van der Waals surface area contributed by atoms with Crippen LogP contribution in [0.25, 0.3) is 11.3 Å². The molecule has 0 radical (unpaired) electrons. The van der Waals surface area contributed by atoms with Crippen molar-refractivity contribution in [1.82, 2.24) is 15.3 Å². The number of H-pyrrole nitrogens is 2. The minimum absolute atomic E-state index is 0.154. The molecule has 1 saturated heterocycles. The van der Waals surface area contributed by atoms with Gasteiger partial charge < -0.3 is 15.3 Å². The first-order chi connectivity index (χ1) is 8.83. The molecule has 94 valence electrons. The van der Waals surface area contributed by atoms with Crippen molar-refractivity contribution in [2.45, 2.75) is 25.3 Å². The fourth-order valence-corrected chi connectivity index (χ4v) is 2.63. The molecule has 3 rings (SSSR count). The maximum Gasteiger partial charge on any atom is 0.323 e. The second-order valence-corrected chi connectivity index (χ2v) is 4.81. The Morgan fingerprint density at radius 2 is 2.17 bits per heavy atom. The quantitative estimate of drug-likeness (QED) is 0.768. The third kappa shape index (κ3) is 2.24. The molecule has 0 bridgehead atoms. The molecular formula is C14H17N3O. The third-order valence-corrected chi connectivity index (χ3v) is 3.53. The fourth-order valence-electron chi connectivity index (χ4n) is 2.63. The smallest absolute Gasteiger partial charge is 0.314 e. The minimum Gasteiger partial charge on any atom is -0.314 e. The van der Waals surface area contributed by atoms with Crippen molar-refractivity contribution in [3.63, 3.8) is 0 Å². The molecule has 1 unspecified atom stereocenters. The summed E-state index contributed by atoms with van der Waals surface area (Å²) in [6, 6.07) is 8.83. The highest BCUT2D eigenvalue weighted by atomic mass is 16.1. The zero-order valence-electron chi connectivity index (χ0n) is 10.2. The van der Waals surface area contributed by atoms with Crippen LogP contribution < -0.4 is 11.0 Å². The molecule has 1 fully saturated rings. The van der Waals surface area contributed by atoms with E-state index in [1.54, 1.807) is 6.20 Å². The SMILES string of the molecule is O=c1[nH]cc(-c2ccccc2CC2CCCN2)[nH]1. The number of aromatic amines is 2. The van der Waals surface area contributed by atoms with E-state index in [0.29, 0.717) is 6.04 Å². The first-order valence-electron chi connectivity index (χ1n) is 6.42. The van der Waals surface area contributed by atoms with Crippen molar-refractivity contribution in [3.05, 3.63) is 46.5 Å². The van der Waals surface area contributed by atoms with E-state index in [4.69, 9.17) is 0 Å². The van der Waals surface area contributed by atoms with Crippen LogP contribution in [-0.4, -0.2) is 22.6 Å². The van der Waals surface area contributed by atoms with E-state index in [1.807, 2.05) is 6.07 Å². The highest BCUT2D eigenvalue weighted by Gasteiger charge is 2.16. The van der Waals surface area contributed by atoms with E-state index >= 15 is 0 Å². The highest BCUT2D eigenvalue weighted by molar-refractivity contribution is 5.62. The number of hydrogen-bond donors (Lipinski definition) is 3. The Hall–Kier alpha value is -1.81. The van der Waals surface area contributed by atoms with Crippen LogP contribution in [0.5, 0.6) is 0 Å². The number of hydrogen-bond acceptors (Lipinski definition) is 2. The second kappa shape index (κ2) is 4.82. The van der Waals surface area contributed by atoms with Gasteiger partial charge in [-0.15, -0.1) is 0 Å². The molecule has 2 aromatic rings. The molecule has 3 N–H and O–H groups in total. The molecule has 0 saturated carbocycles. The van der Waals surface area contributed by atoms with Crippen LogP contribution in [0.1, 0.15) is 18.4 Å². The van der Waals surface area contributed by atoms with Gasteiger partial charge >= 0.3 is 5.69 Å². The number of nitrogens with one attached hydrogen (secondary N) is 3. The molecule has 1 aromatic carbocycles. The van der Waals surface area contributed by atoms with E-state index in [1.165, 1.54) is 18.4 Å². The molecule has 1 aliphatic heterocycles. The summed E-state index contributed by atoms with van der Waals surface area (Å²) in [6.07, 6.45) is 5.25. The Kier molecular flexibility index (Phi) is 3.02. The zero-order chi connectivity index (χ0) is 12.4.